The van der Waals surface area contributed by atoms with Crippen molar-refractivity contribution in [2.75, 3.05) is 13.1 Å². The monoisotopic (exact) mass is 409 g/mol. The molecule has 1 saturated heterocycles. The summed E-state index contributed by atoms with van der Waals surface area (Å²) in [6.07, 6.45) is -0.386. The number of halogens is 1. The average Bonchev–Trinajstić information content (AvgIpc) is 2.63. The number of esters is 1. The van der Waals surface area contributed by atoms with Crippen molar-refractivity contribution in [3.05, 3.63) is 59.1 Å². The van der Waals surface area contributed by atoms with E-state index in [-0.39, 0.29) is 35.8 Å². The highest BCUT2D eigenvalue weighted by molar-refractivity contribution is 7.89. The quantitative estimate of drug-likeness (QED) is 0.572. The van der Waals surface area contributed by atoms with Crippen LogP contribution in [0.2, 0.25) is 5.02 Å². The molecule has 6 nitrogen and oxygen atoms in total. The van der Waals surface area contributed by atoms with Gasteiger partial charge in [0, 0.05) is 18.1 Å². The molecule has 0 saturated carbocycles. The van der Waals surface area contributed by atoms with Gasteiger partial charge in [-0.25, -0.2) is 13.2 Å². The zero-order chi connectivity index (χ0) is 19.6. The van der Waals surface area contributed by atoms with E-state index in [4.69, 9.17) is 21.1 Å². The van der Waals surface area contributed by atoms with Gasteiger partial charge in [0.05, 0.1) is 22.7 Å². The lowest BCUT2D eigenvalue weighted by atomic mass is 10.2. The van der Waals surface area contributed by atoms with Gasteiger partial charge in [0.15, 0.2) is 0 Å². The van der Waals surface area contributed by atoms with Crippen LogP contribution in [0.5, 0.6) is 5.75 Å². The highest BCUT2D eigenvalue weighted by atomic mass is 35.5. The van der Waals surface area contributed by atoms with Crippen LogP contribution in [-0.4, -0.2) is 44.0 Å². The lowest BCUT2D eigenvalue weighted by molar-refractivity contribution is -0.0440. The van der Waals surface area contributed by atoms with Crippen molar-refractivity contribution in [2.45, 2.75) is 31.0 Å². The molecule has 144 valence electrons. The lowest BCUT2D eigenvalue weighted by Gasteiger charge is -2.34. The summed E-state index contributed by atoms with van der Waals surface area (Å²) in [5.74, 6) is -0.313. The molecule has 0 aliphatic carbocycles. The highest BCUT2D eigenvalue weighted by Gasteiger charge is 2.32. The third kappa shape index (κ3) is 4.68. The van der Waals surface area contributed by atoms with Crippen molar-refractivity contribution in [3.63, 3.8) is 0 Å². The van der Waals surface area contributed by atoms with Gasteiger partial charge < -0.3 is 9.47 Å². The summed E-state index contributed by atoms with van der Waals surface area (Å²) in [6, 6.07) is 12.2. The van der Waals surface area contributed by atoms with E-state index in [0.717, 1.165) is 0 Å². The number of sulfonamides is 1. The fourth-order valence-electron chi connectivity index (χ4n) is 2.93. The number of rotatable bonds is 4. The van der Waals surface area contributed by atoms with Gasteiger partial charge in [-0.3, -0.25) is 0 Å². The van der Waals surface area contributed by atoms with Crippen molar-refractivity contribution in [2.24, 2.45) is 0 Å². The Bertz CT molecular complexity index is 919. The van der Waals surface area contributed by atoms with Crippen molar-refractivity contribution < 1.29 is 22.7 Å². The smallest absolute Gasteiger partial charge is 0.343 e. The maximum absolute atomic E-state index is 13.0. The third-order valence-electron chi connectivity index (χ3n) is 4.12. The van der Waals surface area contributed by atoms with E-state index < -0.39 is 16.0 Å². The van der Waals surface area contributed by atoms with Crippen LogP contribution in [0, 0.1) is 0 Å². The van der Waals surface area contributed by atoms with Gasteiger partial charge in [0.2, 0.25) is 10.0 Å². The molecule has 0 bridgehead atoms. The summed E-state index contributed by atoms with van der Waals surface area (Å²) in [5, 5.41) is 0.525. The molecule has 0 amide bonds. The molecule has 1 aliphatic heterocycles. The summed E-state index contributed by atoms with van der Waals surface area (Å²) in [5.41, 5.74) is 0.153. The molecular formula is C19H20ClNO5S. The number of benzene rings is 2. The zero-order valence-electron chi connectivity index (χ0n) is 15.0. The van der Waals surface area contributed by atoms with Crippen molar-refractivity contribution in [1.29, 1.82) is 0 Å². The molecule has 1 aliphatic rings. The topological polar surface area (TPSA) is 72.9 Å². The standard InChI is InChI=1S/C19H20ClNO5S/c1-13-11-21(12-14(2)25-13)27(23,24)18-5-3-4-15(10-18)19(22)26-17-8-6-16(20)7-9-17/h3-10,13-14H,11-12H2,1-2H3/t13-,14-/m0/s1. The second kappa shape index (κ2) is 7.98. The predicted molar refractivity (Wildman–Crippen MR) is 102 cm³/mol. The molecule has 2 atom stereocenters. The highest BCUT2D eigenvalue weighted by Crippen LogP contribution is 2.23. The average molecular weight is 410 g/mol. The first-order valence-electron chi connectivity index (χ1n) is 8.49. The molecule has 3 rings (SSSR count). The summed E-state index contributed by atoms with van der Waals surface area (Å²) in [7, 11) is -3.73. The Morgan fingerprint density at radius 3 is 2.37 bits per heavy atom. The number of hydrogen-bond donors (Lipinski definition) is 0. The van der Waals surface area contributed by atoms with E-state index >= 15 is 0 Å². The number of morpholine rings is 1. The van der Waals surface area contributed by atoms with Gasteiger partial charge in [-0.15, -0.1) is 0 Å². The summed E-state index contributed by atoms with van der Waals surface area (Å²) in [4.78, 5) is 12.4. The van der Waals surface area contributed by atoms with E-state index in [1.807, 2.05) is 13.8 Å². The maximum atomic E-state index is 13.0. The van der Waals surface area contributed by atoms with Crippen molar-refractivity contribution in [3.8, 4) is 5.75 Å². The summed E-state index contributed by atoms with van der Waals surface area (Å²) < 4.78 is 38.2. The fourth-order valence-corrected chi connectivity index (χ4v) is 4.69. The minimum Gasteiger partial charge on any atom is -0.423 e. The van der Waals surface area contributed by atoms with E-state index in [1.54, 1.807) is 24.3 Å². The molecule has 2 aromatic rings. The molecular weight excluding hydrogens is 390 g/mol. The van der Waals surface area contributed by atoms with Crippen LogP contribution in [0.4, 0.5) is 0 Å². The second-order valence-corrected chi connectivity index (χ2v) is 8.82. The maximum Gasteiger partial charge on any atom is 0.343 e. The largest absolute Gasteiger partial charge is 0.423 e. The summed E-state index contributed by atoms with van der Waals surface area (Å²) in [6.45, 7) is 4.20. The van der Waals surface area contributed by atoms with Gasteiger partial charge in [-0.2, -0.15) is 4.31 Å². The number of carbonyl (C=O) groups excluding carboxylic acids is 1. The SMILES string of the molecule is C[C@H]1CN(S(=O)(=O)c2cccc(C(=O)Oc3ccc(Cl)cc3)c2)C[C@H](C)O1. The molecule has 8 heteroatoms. The van der Waals surface area contributed by atoms with Crippen molar-refractivity contribution in [1.82, 2.24) is 4.31 Å². The Morgan fingerprint density at radius 2 is 1.74 bits per heavy atom. The predicted octanol–water partition coefficient (Wildman–Crippen LogP) is 3.36. The second-order valence-electron chi connectivity index (χ2n) is 6.45. The first kappa shape index (κ1) is 19.8. The molecule has 0 unspecified atom stereocenters. The van der Waals surface area contributed by atoms with Crippen LogP contribution < -0.4 is 4.74 Å². The van der Waals surface area contributed by atoms with Gasteiger partial charge in [-0.1, -0.05) is 17.7 Å². The van der Waals surface area contributed by atoms with E-state index in [1.165, 1.54) is 28.6 Å². The Kier molecular flexibility index (Phi) is 5.86. The fraction of sp³-hybridized carbons (Fsp3) is 0.316. The first-order valence-corrected chi connectivity index (χ1v) is 10.3. The minimum absolute atomic E-state index is 0.0503. The van der Waals surface area contributed by atoms with Crippen LogP contribution in [0.3, 0.4) is 0 Å². The molecule has 0 N–H and O–H groups in total. The van der Waals surface area contributed by atoms with Gasteiger partial charge in [0.25, 0.3) is 0 Å². The van der Waals surface area contributed by atoms with Gasteiger partial charge in [0.1, 0.15) is 5.75 Å². The molecule has 0 aromatic heterocycles. The minimum atomic E-state index is -3.73. The Balaban J connectivity index is 1.82. The molecule has 1 heterocycles. The first-order chi connectivity index (χ1) is 12.8. The summed E-state index contributed by atoms with van der Waals surface area (Å²) >= 11 is 5.81. The van der Waals surface area contributed by atoms with E-state index in [0.29, 0.717) is 10.8 Å². The third-order valence-corrected chi connectivity index (χ3v) is 6.20. The van der Waals surface area contributed by atoms with Crippen LogP contribution in [0.15, 0.2) is 53.4 Å². The lowest BCUT2D eigenvalue weighted by Crippen LogP contribution is -2.48. The van der Waals surface area contributed by atoms with Crippen molar-refractivity contribution >= 4 is 27.6 Å². The number of hydrogen-bond acceptors (Lipinski definition) is 5. The van der Waals surface area contributed by atoms with Crippen LogP contribution >= 0.6 is 11.6 Å². The Labute approximate surface area is 163 Å². The van der Waals surface area contributed by atoms with Crippen LogP contribution in [0.1, 0.15) is 24.2 Å². The molecule has 27 heavy (non-hydrogen) atoms. The zero-order valence-corrected chi connectivity index (χ0v) is 16.5. The number of carbonyl (C=O) groups is 1. The number of nitrogens with zero attached hydrogens (tertiary/aromatic N) is 1. The number of ether oxygens (including phenoxy) is 2. The molecule has 0 spiro atoms. The van der Waals surface area contributed by atoms with E-state index in [9.17, 15) is 13.2 Å². The van der Waals surface area contributed by atoms with Crippen LogP contribution in [-0.2, 0) is 14.8 Å². The van der Waals surface area contributed by atoms with Crippen LogP contribution in [0.25, 0.3) is 0 Å². The Hall–Kier alpha value is -1.93. The van der Waals surface area contributed by atoms with Gasteiger partial charge >= 0.3 is 5.97 Å². The van der Waals surface area contributed by atoms with Gasteiger partial charge in [-0.05, 0) is 56.3 Å². The molecule has 1 fully saturated rings. The van der Waals surface area contributed by atoms with E-state index in [2.05, 4.69) is 0 Å². The molecule has 0 radical (unpaired) electrons. The Morgan fingerprint density at radius 1 is 1.11 bits per heavy atom. The normalized spacial score (nSPS) is 21.0. The molecule has 2 aromatic carbocycles.